The molecule has 27 heavy (non-hydrogen) atoms. The second-order valence-corrected chi connectivity index (χ2v) is 5.99. The highest BCUT2D eigenvalue weighted by molar-refractivity contribution is 6.07. The molecule has 0 radical (unpaired) electrons. The van der Waals surface area contributed by atoms with Gasteiger partial charge >= 0.3 is 6.03 Å². The van der Waals surface area contributed by atoms with Crippen molar-refractivity contribution in [1.29, 1.82) is 0 Å². The fraction of sp³-hybridized carbons (Fsp3) is 0.450. The third kappa shape index (κ3) is 4.74. The molecule has 0 aliphatic carbocycles. The number of rotatable bonds is 5. The van der Waals surface area contributed by atoms with Gasteiger partial charge in [0.25, 0.3) is 0 Å². The third-order valence-corrected chi connectivity index (χ3v) is 4.38. The van der Waals surface area contributed by atoms with Crippen LogP contribution in [0.25, 0.3) is 10.8 Å². The van der Waals surface area contributed by atoms with Crippen molar-refractivity contribution in [1.82, 2.24) is 15.6 Å². The van der Waals surface area contributed by atoms with E-state index in [2.05, 4.69) is 26.6 Å². The van der Waals surface area contributed by atoms with Crippen molar-refractivity contribution < 1.29 is 9.59 Å². The van der Waals surface area contributed by atoms with E-state index in [4.69, 9.17) is 0 Å². The summed E-state index contributed by atoms with van der Waals surface area (Å²) >= 11 is 0. The van der Waals surface area contributed by atoms with Gasteiger partial charge in [-0.25, -0.2) is 4.79 Å². The van der Waals surface area contributed by atoms with Gasteiger partial charge in [-0.3, -0.25) is 20.0 Å². The number of carbonyl (C=O) groups excluding carboxylic acids is 2. The molecule has 1 aliphatic rings. The summed E-state index contributed by atoms with van der Waals surface area (Å²) in [5, 5.41) is 7.56. The normalized spacial score (nSPS) is 13.5. The minimum atomic E-state index is -0.432. The number of hydrogen-bond donors (Lipinski definition) is 2. The van der Waals surface area contributed by atoms with Crippen LogP contribution in [0.2, 0.25) is 0 Å². The number of fused-ring (bicyclic) bond motifs is 1. The van der Waals surface area contributed by atoms with Crippen LogP contribution < -0.4 is 20.4 Å². The van der Waals surface area contributed by atoms with Crippen molar-refractivity contribution >= 4 is 34.6 Å². The van der Waals surface area contributed by atoms with Crippen LogP contribution in [0.15, 0.2) is 30.6 Å². The lowest BCUT2D eigenvalue weighted by Gasteiger charge is -2.31. The number of urea groups is 1. The summed E-state index contributed by atoms with van der Waals surface area (Å²) in [7, 11) is 0. The average Bonchev–Trinajstić information content (AvgIpc) is 2.73. The number of nitrogens with one attached hydrogen (secondary N) is 2. The van der Waals surface area contributed by atoms with Crippen molar-refractivity contribution in [3.05, 3.63) is 30.6 Å². The lowest BCUT2D eigenvalue weighted by atomic mass is 10.1. The van der Waals surface area contributed by atoms with Gasteiger partial charge < -0.3 is 10.2 Å². The van der Waals surface area contributed by atoms with Gasteiger partial charge in [0.15, 0.2) is 0 Å². The van der Waals surface area contributed by atoms with E-state index in [0.717, 1.165) is 54.7 Å². The van der Waals surface area contributed by atoms with Gasteiger partial charge in [-0.1, -0.05) is 32.9 Å². The number of carbonyl (C=O) groups is 2. The number of anilines is 2. The molecule has 1 aromatic carbocycles. The van der Waals surface area contributed by atoms with Crippen LogP contribution in [0.4, 0.5) is 16.2 Å². The summed E-state index contributed by atoms with van der Waals surface area (Å²) in [6.07, 6.45) is 4.72. The first kappa shape index (κ1) is 20.6. The number of aromatic nitrogens is 1. The summed E-state index contributed by atoms with van der Waals surface area (Å²) in [5.41, 5.74) is 1.84. The van der Waals surface area contributed by atoms with E-state index in [1.807, 2.05) is 39.1 Å². The SMILES string of the molecule is CC.CCCN(C(=O)NC=O)c1cncc2c(N3CCNCC3)cccc12. The fourth-order valence-corrected chi connectivity index (χ4v) is 3.24. The summed E-state index contributed by atoms with van der Waals surface area (Å²) in [6, 6.07) is 5.66. The van der Waals surface area contributed by atoms with Crippen molar-refractivity contribution in [2.24, 2.45) is 0 Å². The van der Waals surface area contributed by atoms with E-state index in [-0.39, 0.29) is 0 Å². The molecule has 0 saturated carbocycles. The van der Waals surface area contributed by atoms with E-state index in [9.17, 15) is 9.59 Å². The maximum atomic E-state index is 12.3. The number of hydrogen-bond acceptors (Lipinski definition) is 5. The molecule has 7 heteroatoms. The van der Waals surface area contributed by atoms with Crippen LogP contribution in [0.1, 0.15) is 27.2 Å². The quantitative estimate of drug-likeness (QED) is 0.790. The van der Waals surface area contributed by atoms with E-state index in [1.165, 1.54) is 0 Å². The molecule has 1 fully saturated rings. The molecule has 0 atom stereocenters. The van der Waals surface area contributed by atoms with Gasteiger partial charge in [0.1, 0.15) is 0 Å². The Balaban J connectivity index is 0.00000126. The van der Waals surface area contributed by atoms with Crippen LogP contribution in [0.3, 0.4) is 0 Å². The predicted molar refractivity (Wildman–Crippen MR) is 110 cm³/mol. The molecule has 1 aromatic heterocycles. The molecular weight excluding hydrogens is 342 g/mol. The van der Waals surface area contributed by atoms with Crippen LogP contribution in [0, 0.1) is 0 Å². The molecule has 0 bridgehead atoms. The highest BCUT2D eigenvalue weighted by Crippen LogP contribution is 2.32. The van der Waals surface area contributed by atoms with Gasteiger partial charge in [0, 0.05) is 55.4 Å². The molecule has 7 nitrogen and oxygen atoms in total. The Hall–Kier alpha value is -2.67. The van der Waals surface area contributed by atoms with Gasteiger partial charge in [-0.05, 0) is 12.5 Å². The van der Waals surface area contributed by atoms with Crippen LogP contribution in [-0.4, -0.2) is 50.1 Å². The monoisotopic (exact) mass is 371 g/mol. The average molecular weight is 371 g/mol. The Morgan fingerprint density at radius 2 is 2.00 bits per heavy atom. The summed E-state index contributed by atoms with van der Waals surface area (Å²) < 4.78 is 0. The first-order valence-corrected chi connectivity index (χ1v) is 9.60. The number of benzene rings is 1. The molecule has 1 saturated heterocycles. The van der Waals surface area contributed by atoms with Crippen molar-refractivity contribution in [3.8, 4) is 0 Å². The van der Waals surface area contributed by atoms with E-state index in [0.29, 0.717) is 13.0 Å². The second-order valence-electron chi connectivity index (χ2n) is 5.99. The minimum absolute atomic E-state index is 0.412. The van der Waals surface area contributed by atoms with Gasteiger partial charge in [0.2, 0.25) is 6.41 Å². The molecule has 3 amide bonds. The molecule has 2 N–H and O–H groups in total. The zero-order valence-corrected chi connectivity index (χ0v) is 16.4. The summed E-state index contributed by atoms with van der Waals surface area (Å²) in [4.78, 5) is 31.3. The zero-order valence-electron chi connectivity index (χ0n) is 16.4. The topological polar surface area (TPSA) is 77.6 Å². The number of amides is 3. The maximum Gasteiger partial charge on any atom is 0.328 e. The molecule has 146 valence electrons. The van der Waals surface area contributed by atoms with Crippen molar-refractivity contribution in [2.75, 3.05) is 42.5 Å². The first-order chi connectivity index (χ1) is 13.3. The molecule has 0 spiro atoms. The van der Waals surface area contributed by atoms with Gasteiger partial charge in [-0.15, -0.1) is 0 Å². The largest absolute Gasteiger partial charge is 0.368 e. The summed E-state index contributed by atoms with van der Waals surface area (Å²) in [6.45, 7) is 10.3. The third-order valence-electron chi connectivity index (χ3n) is 4.38. The Morgan fingerprint density at radius 3 is 2.67 bits per heavy atom. The van der Waals surface area contributed by atoms with Crippen molar-refractivity contribution in [3.63, 3.8) is 0 Å². The van der Waals surface area contributed by atoms with Crippen LogP contribution in [-0.2, 0) is 4.79 Å². The summed E-state index contributed by atoms with van der Waals surface area (Å²) in [5.74, 6) is 0. The zero-order chi connectivity index (χ0) is 19.6. The van der Waals surface area contributed by atoms with Crippen molar-refractivity contribution in [2.45, 2.75) is 27.2 Å². The minimum Gasteiger partial charge on any atom is -0.368 e. The number of imide groups is 1. The van der Waals surface area contributed by atoms with Crippen LogP contribution in [0.5, 0.6) is 0 Å². The maximum absolute atomic E-state index is 12.3. The highest BCUT2D eigenvalue weighted by atomic mass is 16.2. The lowest BCUT2D eigenvalue weighted by Crippen LogP contribution is -2.43. The Labute approximate surface area is 160 Å². The molecule has 3 rings (SSSR count). The standard InChI is InChI=1S/C18H23N5O2.C2H6/c1-2-8-23(18(25)21-13-24)17-12-20-11-15-14(17)4-3-5-16(15)22-9-6-19-7-10-22;1-2/h3-5,11-13,19H,2,6-10H2,1H3,(H,21,24,25);1-2H3. The predicted octanol–water partition coefficient (Wildman–Crippen LogP) is 2.75. The molecular formula is C20H29N5O2. The lowest BCUT2D eigenvalue weighted by molar-refractivity contribution is -0.108. The molecule has 2 aromatic rings. The Morgan fingerprint density at radius 1 is 1.26 bits per heavy atom. The molecule has 0 unspecified atom stereocenters. The number of piperazine rings is 1. The molecule has 1 aliphatic heterocycles. The Kier molecular flexibility index (Phi) is 8.00. The molecule has 2 heterocycles. The smallest absolute Gasteiger partial charge is 0.328 e. The number of pyridine rings is 1. The number of nitrogens with zero attached hydrogens (tertiary/aromatic N) is 3. The van der Waals surface area contributed by atoms with Gasteiger partial charge in [-0.2, -0.15) is 0 Å². The highest BCUT2D eigenvalue weighted by Gasteiger charge is 2.20. The van der Waals surface area contributed by atoms with E-state index >= 15 is 0 Å². The van der Waals surface area contributed by atoms with Crippen LogP contribution >= 0.6 is 0 Å². The first-order valence-electron chi connectivity index (χ1n) is 9.60. The van der Waals surface area contributed by atoms with Gasteiger partial charge in [0.05, 0.1) is 11.9 Å². The Bertz CT molecular complexity index is 759. The second kappa shape index (κ2) is 10.5. The van der Waals surface area contributed by atoms with E-state index in [1.54, 1.807) is 11.1 Å². The van der Waals surface area contributed by atoms with E-state index < -0.39 is 6.03 Å². The fourth-order valence-electron chi connectivity index (χ4n) is 3.24.